The lowest BCUT2D eigenvalue weighted by Gasteiger charge is -2.29. The van der Waals surface area contributed by atoms with Gasteiger partial charge in [0.1, 0.15) is 11.9 Å². The van der Waals surface area contributed by atoms with Crippen molar-refractivity contribution < 1.29 is 27.4 Å². The minimum atomic E-state index is -0.903. The van der Waals surface area contributed by atoms with Gasteiger partial charge in [0.2, 0.25) is 0 Å². The smallest absolute Gasteiger partial charge is 0.167 e. The standard InChI is InChI=1S/C28H25F3O3/c1-2-3-4-26-33-14-20(15-34-26)19-9-10-21(24(29)13-19)17-5-7-18(8-6-17)22-11-12-23(25-16-32-25)28(31)27(22)30/h2,5-13,20,25-26H,1,3-4,14-16H2. The monoisotopic (exact) mass is 466 g/mol. The van der Waals surface area contributed by atoms with Gasteiger partial charge in [0.15, 0.2) is 17.9 Å². The molecule has 2 aliphatic rings. The maximum atomic E-state index is 15.0. The first kappa shape index (κ1) is 22.8. The van der Waals surface area contributed by atoms with E-state index in [-0.39, 0.29) is 35.3 Å². The molecule has 0 radical (unpaired) electrons. The molecule has 3 nitrogen and oxygen atoms in total. The van der Waals surface area contributed by atoms with Gasteiger partial charge in [-0.1, -0.05) is 54.6 Å². The third kappa shape index (κ3) is 4.67. The van der Waals surface area contributed by atoms with Gasteiger partial charge in [0.05, 0.1) is 19.8 Å². The molecule has 2 aliphatic heterocycles. The Labute approximate surface area is 196 Å². The minimum absolute atomic E-state index is 0.0345. The highest BCUT2D eigenvalue weighted by Crippen LogP contribution is 2.36. The highest BCUT2D eigenvalue weighted by Gasteiger charge is 2.30. The number of hydrogen-bond acceptors (Lipinski definition) is 3. The zero-order valence-corrected chi connectivity index (χ0v) is 18.6. The molecule has 1 unspecified atom stereocenters. The number of ether oxygens (including phenoxy) is 3. The minimum Gasteiger partial charge on any atom is -0.368 e. The Bertz CT molecular complexity index is 1180. The summed E-state index contributed by atoms with van der Waals surface area (Å²) in [6.45, 7) is 5.06. The van der Waals surface area contributed by atoms with E-state index in [0.29, 0.717) is 36.5 Å². The Kier molecular flexibility index (Phi) is 6.55. The van der Waals surface area contributed by atoms with Crippen molar-refractivity contribution in [2.45, 2.75) is 31.2 Å². The van der Waals surface area contributed by atoms with Crippen LogP contribution in [0.15, 0.2) is 67.3 Å². The van der Waals surface area contributed by atoms with Crippen LogP contribution in [0.5, 0.6) is 0 Å². The summed E-state index contributed by atoms with van der Waals surface area (Å²) in [6.07, 6.45) is 2.80. The topological polar surface area (TPSA) is 31.0 Å². The third-order valence-corrected chi connectivity index (χ3v) is 6.34. The van der Waals surface area contributed by atoms with Crippen molar-refractivity contribution in [1.82, 2.24) is 0 Å². The Morgan fingerprint density at radius 1 is 0.794 bits per heavy atom. The van der Waals surface area contributed by atoms with E-state index in [4.69, 9.17) is 14.2 Å². The molecule has 0 amide bonds. The number of halogens is 3. The van der Waals surface area contributed by atoms with Crippen LogP contribution < -0.4 is 0 Å². The second-order valence-electron chi connectivity index (χ2n) is 8.63. The number of rotatable bonds is 7. The molecular formula is C28H25F3O3. The van der Waals surface area contributed by atoms with Gasteiger partial charge >= 0.3 is 0 Å². The molecule has 0 bridgehead atoms. The molecule has 5 rings (SSSR count). The first-order chi connectivity index (χ1) is 16.5. The van der Waals surface area contributed by atoms with Gasteiger partial charge in [-0.25, -0.2) is 13.2 Å². The van der Waals surface area contributed by atoms with E-state index in [1.807, 2.05) is 12.1 Å². The Hall–Kier alpha value is -2.93. The van der Waals surface area contributed by atoms with Gasteiger partial charge in [0.25, 0.3) is 0 Å². The maximum Gasteiger partial charge on any atom is 0.167 e. The van der Waals surface area contributed by atoms with Crippen LogP contribution in [0, 0.1) is 17.5 Å². The van der Waals surface area contributed by atoms with E-state index in [1.165, 1.54) is 6.07 Å². The fourth-order valence-corrected chi connectivity index (χ4v) is 4.27. The molecule has 3 aromatic rings. The molecule has 6 heteroatoms. The predicted molar refractivity (Wildman–Crippen MR) is 124 cm³/mol. The normalized spacial score (nSPS) is 21.9. The van der Waals surface area contributed by atoms with Gasteiger partial charge in [-0.2, -0.15) is 0 Å². The molecule has 3 aromatic carbocycles. The van der Waals surface area contributed by atoms with Crippen molar-refractivity contribution in [3.63, 3.8) is 0 Å². The molecule has 0 saturated carbocycles. The van der Waals surface area contributed by atoms with Crippen molar-refractivity contribution in [2.24, 2.45) is 0 Å². The van der Waals surface area contributed by atoms with E-state index in [0.717, 1.165) is 18.4 Å². The number of hydrogen-bond donors (Lipinski definition) is 0. The average molecular weight is 466 g/mol. The van der Waals surface area contributed by atoms with Crippen molar-refractivity contribution in [3.8, 4) is 22.3 Å². The van der Waals surface area contributed by atoms with E-state index >= 15 is 0 Å². The SMILES string of the molecule is C=CCCC1OCC(c2ccc(-c3ccc(-c4ccc(C5CO5)c(F)c4F)cc3)c(F)c2)CO1. The highest BCUT2D eigenvalue weighted by molar-refractivity contribution is 5.71. The Balaban J connectivity index is 1.30. The Morgan fingerprint density at radius 3 is 2.06 bits per heavy atom. The van der Waals surface area contributed by atoms with Crippen molar-refractivity contribution in [1.29, 1.82) is 0 Å². The van der Waals surface area contributed by atoms with E-state index in [9.17, 15) is 13.2 Å². The van der Waals surface area contributed by atoms with Gasteiger partial charge < -0.3 is 14.2 Å². The second-order valence-corrected chi connectivity index (χ2v) is 8.63. The largest absolute Gasteiger partial charge is 0.368 e. The van der Waals surface area contributed by atoms with Gasteiger partial charge in [-0.05, 0) is 29.2 Å². The van der Waals surface area contributed by atoms with Gasteiger partial charge in [-0.15, -0.1) is 6.58 Å². The Morgan fingerprint density at radius 2 is 1.44 bits per heavy atom. The summed E-state index contributed by atoms with van der Waals surface area (Å²) in [5.74, 6) is -2.17. The summed E-state index contributed by atoms with van der Waals surface area (Å²) in [6, 6.07) is 15.0. The highest BCUT2D eigenvalue weighted by atomic mass is 19.2. The van der Waals surface area contributed by atoms with E-state index in [2.05, 4.69) is 6.58 Å². The summed E-state index contributed by atoms with van der Waals surface area (Å²) in [5, 5.41) is 0. The molecule has 0 aromatic heterocycles. The van der Waals surface area contributed by atoms with E-state index in [1.54, 1.807) is 42.5 Å². The molecule has 34 heavy (non-hydrogen) atoms. The van der Waals surface area contributed by atoms with Crippen LogP contribution in [0.4, 0.5) is 13.2 Å². The molecule has 2 fully saturated rings. The van der Waals surface area contributed by atoms with Crippen LogP contribution in [0.25, 0.3) is 22.3 Å². The van der Waals surface area contributed by atoms with Crippen molar-refractivity contribution >= 4 is 0 Å². The van der Waals surface area contributed by atoms with Crippen LogP contribution in [-0.2, 0) is 14.2 Å². The van der Waals surface area contributed by atoms with Crippen molar-refractivity contribution in [3.05, 3.63) is 95.8 Å². The molecular weight excluding hydrogens is 441 g/mol. The van der Waals surface area contributed by atoms with Crippen LogP contribution >= 0.6 is 0 Å². The number of epoxide rings is 1. The zero-order valence-electron chi connectivity index (χ0n) is 18.6. The lowest BCUT2D eigenvalue weighted by Crippen LogP contribution is -2.30. The first-order valence-corrected chi connectivity index (χ1v) is 11.4. The molecule has 0 spiro atoms. The molecule has 2 saturated heterocycles. The maximum absolute atomic E-state index is 15.0. The lowest BCUT2D eigenvalue weighted by atomic mass is 9.95. The average Bonchev–Trinajstić information content (AvgIpc) is 3.70. The van der Waals surface area contributed by atoms with Crippen LogP contribution in [0.2, 0.25) is 0 Å². The van der Waals surface area contributed by atoms with E-state index < -0.39 is 11.6 Å². The number of allylic oxidation sites excluding steroid dienone is 1. The van der Waals surface area contributed by atoms with Gasteiger partial charge in [0, 0.05) is 29.0 Å². The quantitative estimate of drug-likeness (QED) is 0.279. The lowest BCUT2D eigenvalue weighted by molar-refractivity contribution is -0.189. The van der Waals surface area contributed by atoms with Crippen LogP contribution in [0.3, 0.4) is 0 Å². The van der Waals surface area contributed by atoms with Crippen LogP contribution in [-0.4, -0.2) is 26.1 Å². The van der Waals surface area contributed by atoms with Crippen molar-refractivity contribution in [2.75, 3.05) is 19.8 Å². The fourth-order valence-electron chi connectivity index (χ4n) is 4.27. The molecule has 2 heterocycles. The number of benzene rings is 3. The molecule has 0 N–H and O–H groups in total. The summed E-state index contributed by atoms with van der Waals surface area (Å²) < 4.78 is 60.5. The predicted octanol–water partition coefficient (Wildman–Crippen LogP) is 6.93. The molecule has 1 atom stereocenters. The molecule has 0 aliphatic carbocycles. The zero-order chi connectivity index (χ0) is 23.7. The summed E-state index contributed by atoms with van der Waals surface area (Å²) in [7, 11) is 0. The van der Waals surface area contributed by atoms with Gasteiger partial charge in [-0.3, -0.25) is 0 Å². The fraction of sp³-hybridized carbons (Fsp3) is 0.286. The summed E-state index contributed by atoms with van der Waals surface area (Å²) in [5.41, 5.74) is 2.82. The summed E-state index contributed by atoms with van der Waals surface area (Å²) >= 11 is 0. The second kappa shape index (κ2) is 9.74. The third-order valence-electron chi connectivity index (χ3n) is 6.34. The van der Waals surface area contributed by atoms with Crippen LogP contribution in [0.1, 0.15) is 36.0 Å². The summed E-state index contributed by atoms with van der Waals surface area (Å²) in [4.78, 5) is 0. The molecule has 176 valence electrons. The first-order valence-electron chi connectivity index (χ1n) is 11.4.